The van der Waals surface area contributed by atoms with E-state index in [1.54, 1.807) is 0 Å². The monoisotopic (exact) mass is 247 g/mol. The molecule has 90 valence electrons. The average Bonchev–Trinajstić information content (AvgIpc) is 3.08. The van der Waals surface area contributed by atoms with Crippen molar-refractivity contribution in [2.45, 2.75) is 31.6 Å². The highest BCUT2D eigenvalue weighted by molar-refractivity contribution is 8.14. The van der Waals surface area contributed by atoms with Crippen molar-refractivity contribution >= 4 is 16.9 Å². The molecule has 4 heteroatoms. The van der Waals surface area contributed by atoms with Crippen molar-refractivity contribution in [3.8, 4) is 0 Å². The number of nitrogens with zero attached hydrogens (tertiary/aromatic N) is 2. The van der Waals surface area contributed by atoms with Gasteiger partial charge in [-0.15, -0.1) is 0 Å². The molecule has 0 amide bonds. The van der Waals surface area contributed by atoms with Crippen molar-refractivity contribution in [1.29, 1.82) is 0 Å². The zero-order valence-corrected chi connectivity index (χ0v) is 10.8. The summed E-state index contributed by atoms with van der Waals surface area (Å²) in [4.78, 5) is 8.73. The Bertz CT molecular complexity index is 440. The van der Waals surface area contributed by atoms with Gasteiger partial charge in [0.05, 0.1) is 6.54 Å². The third-order valence-corrected chi connectivity index (χ3v) is 4.74. The van der Waals surface area contributed by atoms with Gasteiger partial charge in [0.1, 0.15) is 0 Å². The Morgan fingerprint density at radius 2 is 2.35 bits per heavy atom. The van der Waals surface area contributed by atoms with Gasteiger partial charge in [-0.1, -0.05) is 11.8 Å². The Morgan fingerprint density at radius 1 is 1.47 bits per heavy atom. The number of aryl methyl sites for hydroxylation is 1. The van der Waals surface area contributed by atoms with Crippen LogP contribution in [0.1, 0.15) is 24.0 Å². The van der Waals surface area contributed by atoms with Gasteiger partial charge in [0, 0.05) is 24.2 Å². The molecule has 3 nitrogen and oxygen atoms in total. The summed E-state index contributed by atoms with van der Waals surface area (Å²) in [5, 5.41) is 5.28. The van der Waals surface area contributed by atoms with E-state index in [9.17, 15) is 0 Å². The van der Waals surface area contributed by atoms with Crippen LogP contribution in [0.5, 0.6) is 0 Å². The summed E-state index contributed by atoms with van der Waals surface area (Å²) >= 11 is 1.92. The normalized spacial score (nSPS) is 23.6. The van der Waals surface area contributed by atoms with Crippen LogP contribution in [0.3, 0.4) is 0 Å². The van der Waals surface area contributed by atoms with Gasteiger partial charge in [0.15, 0.2) is 5.17 Å². The minimum atomic E-state index is 0.743. The second kappa shape index (κ2) is 4.69. The van der Waals surface area contributed by atoms with E-state index in [0.29, 0.717) is 0 Å². The molecule has 2 aliphatic rings. The van der Waals surface area contributed by atoms with Crippen LogP contribution in [0.2, 0.25) is 0 Å². The molecule has 1 aromatic rings. The molecule has 1 fully saturated rings. The van der Waals surface area contributed by atoms with E-state index in [2.05, 4.69) is 22.2 Å². The van der Waals surface area contributed by atoms with Crippen LogP contribution in [0, 0.1) is 12.8 Å². The number of aromatic nitrogens is 1. The Morgan fingerprint density at radius 3 is 3.12 bits per heavy atom. The van der Waals surface area contributed by atoms with Gasteiger partial charge in [-0.2, -0.15) is 0 Å². The van der Waals surface area contributed by atoms with E-state index in [-0.39, 0.29) is 0 Å². The number of aliphatic imine (C=N–C) groups is 1. The largest absolute Gasteiger partial charge is 0.361 e. The number of hydrogen-bond acceptors (Lipinski definition) is 4. The summed E-state index contributed by atoms with van der Waals surface area (Å²) in [7, 11) is 0. The van der Waals surface area contributed by atoms with Crippen LogP contribution in [0.15, 0.2) is 23.5 Å². The third-order valence-electron chi connectivity index (χ3n) is 3.40. The molecule has 0 spiro atoms. The first kappa shape index (κ1) is 11.1. The minimum absolute atomic E-state index is 0.743. The van der Waals surface area contributed by atoms with Crippen LogP contribution >= 0.6 is 11.8 Å². The molecule has 0 saturated heterocycles. The summed E-state index contributed by atoms with van der Waals surface area (Å²) in [5.41, 5.74) is 2.54. The lowest BCUT2D eigenvalue weighted by molar-refractivity contribution is 0.772. The van der Waals surface area contributed by atoms with Crippen molar-refractivity contribution in [2.24, 2.45) is 10.9 Å². The Hall–Kier alpha value is -1.03. The zero-order valence-electron chi connectivity index (χ0n) is 10.0. The second-order valence-electron chi connectivity index (χ2n) is 4.80. The second-order valence-corrected chi connectivity index (χ2v) is 6.02. The molecule has 0 bridgehead atoms. The fourth-order valence-corrected chi connectivity index (χ4v) is 3.26. The van der Waals surface area contributed by atoms with E-state index >= 15 is 0 Å². The number of amidine groups is 1. The maximum atomic E-state index is 4.57. The van der Waals surface area contributed by atoms with E-state index in [1.165, 1.54) is 24.0 Å². The van der Waals surface area contributed by atoms with Crippen LogP contribution < -0.4 is 5.32 Å². The molecule has 17 heavy (non-hydrogen) atoms. The van der Waals surface area contributed by atoms with E-state index in [1.807, 2.05) is 30.2 Å². The first-order valence-electron chi connectivity index (χ1n) is 6.17. The van der Waals surface area contributed by atoms with Crippen LogP contribution in [-0.2, 0) is 6.54 Å². The predicted molar refractivity (Wildman–Crippen MR) is 72.2 cm³/mol. The summed E-state index contributed by atoms with van der Waals surface area (Å²) in [6, 6.07) is 2.05. The molecule has 1 aromatic heterocycles. The minimum Gasteiger partial charge on any atom is -0.361 e. The molecule has 1 unspecified atom stereocenters. The number of hydrogen-bond donors (Lipinski definition) is 1. The third kappa shape index (κ3) is 2.63. The molecule has 1 saturated carbocycles. The molecule has 0 radical (unpaired) electrons. The van der Waals surface area contributed by atoms with Crippen molar-refractivity contribution in [2.75, 3.05) is 6.54 Å². The van der Waals surface area contributed by atoms with E-state index < -0.39 is 0 Å². The Balaban J connectivity index is 1.53. The lowest BCUT2D eigenvalue weighted by Crippen LogP contribution is -2.19. The van der Waals surface area contributed by atoms with Crippen LogP contribution in [0.4, 0.5) is 0 Å². The van der Waals surface area contributed by atoms with Crippen molar-refractivity contribution in [3.05, 3.63) is 29.6 Å². The first-order valence-corrected chi connectivity index (χ1v) is 7.05. The van der Waals surface area contributed by atoms with E-state index in [0.717, 1.165) is 29.4 Å². The number of rotatable bonds is 3. The SMILES string of the molecule is Cc1ccncc1CNC1=NCC(C2CC2)S1. The molecule has 1 atom stereocenters. The smallest absolute Gasteiger partial charge is 0.157 e. The van der Waals surface area contributed by atoms with E-state index in [4.69, 9.17) is 0 Å². The highest BCUT2D eigenvalue weighted by Gasteiger charge is 2.35. The topological polar surface area (TPSA) is 37.3 Å². The summed E-state index contributed by atoms with van der Waals surface area (Å²) < 4.78 is 0. The lowest BCUT2D eigenvalue weighted by Gasteiger charge is -2.09. The fraction of sp³-hybridized carbons (Fsp3) is 0.538. The molecular weight excluding hydrogens is 230 g/mol. The molecule has 1 aliphatic carbocycles. The van der Waals surface area contributed by atoms with Crippen LogP contribution in [0.25, 0.3) is 0 Å². The van der Waals surface area contributed by atoms with Crippen molar-refractivity contribution in [1.82, 2.24) is 10.3 Å². The van der Waals surface area contributed by atoms with Gasteiger partial charge in [0.25, 0.3) is 0 Å². The summed E-state index contributed by atoms with van der Waals surface area (Å²) in [6.45, 7) is 3.96. The highest BCUT2D eigenvalue weighted by Crippen LogP contribution is 2.41. The Kier molecular flexibility index (Phi) is 3.05. The quantitative estimate of drug-likeness (QED) is 0.891. The van der Waals surface area contributed by atoms with Gasteiger partial charge in [-0.3, -0.25) is 9.98 Å². The van der Waals surface area contributed by atoms with Gasteiger partial charge in [-0.25, -0.2) is 0 Å². The zero-order chi connectivity index (χ0) is 11.7. The van der Waals surface area contributed by atoms with Gasteiger partial charge < -0.3 is 5.32 Å². The number of pyridine rings is 1. The molecule has 2 heterocycles. The average molecular weight is 247 g/mol. The van der Waals surface area contributed by atoms with Gasteiger partial charge in [-0.05, 0) is 42.9 Å². The fourth-order valence-electron chi connectivity index (χ4n) is 2.05. The van der Waals surface area contributed by atoms with Crippen LogP contribution in [-0.4, -0.2) is 21.9 Å². The molecule has 1 aliphatic heterocycles. The molecule has 3 rings (SSSR count). The summed E-state index contributed by atoms with van der Waals surface area (Å²) in [5.74, 6) is 0.933. The number of thioether (sulfide) groups is 1. The molecule has 1 N–H and O–H groups in total. The standard InChI is InChI=1S/C13H17N3S/c1-9-4-5-14-6-11(9)7-15-13-16-8-12(17-13)10-2-3-10/h4-6,10,12H,2-3,7-8H2,1H3,(H,15,16). The maximum Gasteiger partial charge on any atom is 0.157 e. The van der Waals surface area contributed by atoms with Gasteiger partial charge in [0.2, 0.25) is 0 Å². The summed E-state index contributed by atoms with van der Waals surface area (Å²) in [6.07, 6.45) is 6.58. The number of nitrogens with one attached hydrogen (secondary N) is 1. The van der Waals surface area contributed by atoms with Crippen molar-refractivity contribution < 1.29 is 0 Å². The lowest BCUT2D eigenvalue weighted by atomic mass is 10.2. The predicted octanol–water partition coefficient (Wildman–Crippen LogP) is 2.36. The van der Waals surface area contributed by atoms with Gasteiger partial charge >= 0.3 is 0 Å². The first-order chi connectivity index (χ1) is 8.33. The highest BCUT2D eigenvalue weighted by atomic mass is 32.2. The molecule has 0 aromatic carbocycles. The van der Waals surface area contributed by atoms with Crippen molar-refractivity contribution in [3.63, 3.8) is 0 Å². The maximum absolute atomic E-state index is 4.57. The molecular formula is C13H17N3S. The Labute approximate surface area is 106 Å².